The first-order valence-electron chi connectivity index (χ1n) is 7.61. The zero-order valence-electron chi connectivity index (χ0n) is 13.0. The largest absolute Gasteiger partial charge is 0.455 e. The van der Waals surface area contributed by atoms with Crippen molar-refractivity contribution in [1.29, 1.82) is 10.5 Å². The van der Waals surface area contributed by atoms with E-state index in [9.17, 15) is 0 Å². The summed E-state index contributed by atoms with van der Waals surface area (Å²) in [5.41, 5.74) is 2.28. The highest BCUT2D eigenvalue weighted by molar-refractivity contribution is 5.62. The number of aryl methyl sites for hydroxylation is 2. The van der Waals surface area contributed by atoms with Gasteiger partial charge in [-0.15, -0.1) is 0 Å². The normalized spacial score (nSPS) is 9.92. The molecule has 1 aromatic carbocycles. The molecule has 3 rings (SSSR count). The van der Waals surface area contributed by atoms with Crippen molar-refractivity contribution in [3.63, 3.8) is 0 Å². The molecule has 0 N–H and O–H groups in total. The van der Waals surface area contributed by atoms with Crippen LogP contribution in [0, 0.1) is 22.7 Å². The van der Waals surface area contributed by atoms with Crippen LogP contribution in [0.5, 0.6) is 0 Å². The quantitative estimate of drug-likeness (QED) is 0.655. The number of allylic oxidation sites excluding steroid dienone is 1. The molecule has 3 aromatic rings. The summed E-state index contributed by atoms with van der Waals surface area (Å²) >= 11 is 0. The summed E-state index contributed by atoms with van der Waals surface area (Å²) in [5, 5.41) is 17.6. The number of hydrogen-bond acceptors (Lipinski definition) is 3. The fraction of sp³-hybridized carbons (Fsp3) is 0.100. The molecule has 0 saturated heterocycles. The van der Waals surface area contributed by atoms with E-state index in [-0.39, 0.29) is 5.57 Å². The van der Waals surface area contributed by atoms with Crippen LogP contribution >= 0.6 is 0 Å². The Morgan fingerprint density at radius 1 is 1.00 bits per heavy atom. The smallest absolute Gasteiger partial charge is 0.151 e. The monoisotopic (exact) mass is 313 g/mol. The third-order valence-electron chi connectivity index (χ3n) is 3.72. The van der Waals surface area contributed by atoms with Crippen molar-refractivity contribution in [2.75, 3.05) is 0 Å². The van der Waals surface area contributed by atoms with Crippen LogP contribution < -0.4 is 0 Å². The minimum Gasteiger partial charge on any atom is -0.455 e. The number of benzene rings is 1. The Morgan fingerprint density at radius 3 is 2.54 bits per heavy atom. The van der Waals surface area contributed by atoms with Gasteiger partial charge in [-0.3, -0.25) is 0 Å². The Bertz CT molecular complexity index is 917. The van der Waals surface area contributed by atoms with Crippen molar-refractivity contribution in [3.05, 3.63) is 77.7 Å². The van der Waals surface area contributed by atoms with Crippen molar-refractivity contribution in [1.82, 2.24) is 4.57 Å². The van der Waals surface area contributed by atoms with E-state index >= 15 is 0 Å². The highest BCUT2D eigenvalue weighted by Crippen LogP contribution is 2.24. The van der Waals surface area contributed by atoms with E-state index in [0.29, 0.717) is 5.76 Å². The topological polar surface area (TPSA) is 65.7 Å². The number of nitriles is 2. The standard InChI is InChI=1S/C20H15N3O/c21-14-17(15-22)13-18-8-9-20(24-18)19-7-4-11-23(19)12-10-16-5-2-1-3-6-16/h1-9,11,13H,10,12H2. The second-order valence-electron chi connectivity index (χ2n) is 5.31. The van der Waals surface area contributed by atoms with Gasteiger partial charge in [0.1, 0.15) is 23.5 Å². The third kappa shape index (κ3) is 3.45. The lowest BCUT2D eigenvalue weighted by molar-refractivity contribution is 0.561. The average molecular weight is 313 g/mol. The zero-order chi connectivity index (χ0) is 16.8. The van der Waals surface area contributed by atoms with E-state index in [1.165, 1.54) is 11.6 Å². The molecule has 2 aromatic heterocycles. The number of aromatic nitrogens is 1. The molecular formula is C20H15N3O. The lowest BCUT2D eigenvalue weighted by Crippen LogP contribution is -2.01. The van der Waals surface area contributed by atoms with Crippen molar-refractivity contribution >= 4 is 6.08 Å². The predicted molar refractivity (Wildman–Crippen MR) is 91.5 cm³/mol. The van der Waals surface area contributed by atoms with Crippen LogP contribution in [0.1, 0.15) is 11.3 Å². The Balaban J connectivity index is 1.79. The molecule has 4 heteroatoms. The van der Waals surface area contributed by atoms with Gasteiger partial charge in [-0.1, -0.05) is 30.3 Å². The van der Waals surface area contributed by atoms with Crippen LogP contribution in [0.3, 0.4) is 0 Å². The highest BCUT2D eigenvalue weighted by Gasteiger charge is 2.09. The first kappa shape index (κ1) is 15.4. The third-order valence-corrected chi connectivity index (χ3v) is 3.72. The fourth-order valence-electron chi connectivity index (χ4n) is 2.53. The molecule has 0 bridgehead atoms. The Morgan fingerprint density at radius 2 is 1.79 bits per heavy atom. The van der Waals surface area contributed by atoms with Crippen LogP contribution in [0.4, 0.5) is 0 Å². The summed E-state index contributed by atoms with van der Waals surface area (Å²) in [6.07, 6.45) is 4.40. The van der Waals surface area contributed by atoms with E-state index < -0.39 is 0 Å². The second kappa shape index (κ2) is 7.17. The molecule has 0 radical (unpaired) electrons. The number of furan rings is 1. The van der Waals surface area contributed by atoms with E-state index in [2.05, 4.69) is 16.7 Å². The summed E-state index contributed by atoms with van der Waals surface area (Å²) in [6, 6.07) is 21.6. The van der Waals surface area contributed by atoms with Crippen molar-refractivity contribution in [3.8, 4) is 23.6 Å². The first-order chi connectivity index (χ1) is 11.8. The van der Waals surface area contributed by atoms with E-state index in [4.69, 9.17) is 14.9 Å². The molecule has 0 unspecified atom stereocenters. The van der Waals surface area contributed by atoms with Crippen molar-refractivity contribution < 1.29 is 4.42 Å². The lowest BCUT2D eigenvalue weighted by Gasteiger charge is -2.07. The van der Waals surface area contributed by atoms with Crippen LogP contribution in [-0.4, -0.2) is 4.57 Å². The minimum atomic E-state index is 0.0235. The van der Waals surface area contributed by atoms with Gasteiger partial charge in [-0.05, 0) is 36.2 Å². The molecular weight excluding hydrogens is 298 g/mol. The van der Waals surface area contributed by atoms with Gasteiger partial charge >= 0.3 is 0 Å². The lowest BCUT2D eigenvalue weighted by atomic mass is 10.1. The van der Waals surface area contributed by atoms with Gasteiger partial charge in [0, 0.05) is 18.8 Å². The molecule has 0 amide bonds. The molecule has 0 atom stereocenters. The van der Waals surface area contributed by atoms with Gasteiger partial charge in [0.25, 0.3) is 0 Å². The Kier molecular flexibility index (Phi) is 4.60. The highest BCUT2D eigenvalue weighted by atomic mass is 16.3. The molecule has 0 aliphatic heterocycles. The first-order valence-corrected chi connectivity index (χ1v) is 7.61. The Hall–Kier alpha value is -3.50. The number of hydrogen-bond donors (Lipinski definition) is 0. The summed E-state index contributed by atoms with van der Waals surface area (Å²) in [6.45, 7) is 0.847. The van der Waals surface area contributed by atoms with Crippen molar-refractivity contribution in [2.24, 2.45) is 0 Å². The predicted octanol–water partition coefficient (Wildman–Crippen LogP) is 4.42. The maximum Gasteiger partial charge on any atom is 0.151 e. The van der Waals surface area contributed by atoms with Crippen molar-refractivity contribution in [2.45, 2.75) is 13.0 Å². The maximum absolute atomic E-state index is 8.81. The van der Waals surface area contributed by atoms with Crippen LogP contribution in [0.25, 0.3) is 17.5 Å². The fourth-order valence-corrected chi connectivity index (χ4v) is 2.53. The molecule has 4 nitrogen and oxygen atoms in total. The maximum atomic E-state index is 8.81. The van der Waals surface area contributed by atoms with Gasteiger partial charge < -0.3 is 8.98 Å². The van der Waals surface area contributed by atoms with E-state index in [1.54, 1.807) is 6.07 Å². The zero-order valence-corrected chi connectivity index (χ0v) is 13.0. The number of rotatable bonds is 5. The Labute approximate surface area is 140 Å². The minimum absolute atomic E-state index is 0.0235. The second-order valence-corrected chi connectivity index (χ2v) is 5.31. The van der Waals surface area contributed by atoms with Gasteiger partial charge in [0.2, 0.25) is 0 Å². The summed E-state index contributed by atoms with van der Waals surface area (Å²) in [4.78, 5) is 0. The molecule has 0 aliphatic carbocycles. The van der Waals surface area contributed by atoms with Crippen LogP contribution in [0.2, 0.25) is 0 Å². The average Bonchev–Trinajstić information content (AvgIpc) is 3.27. The SMILES string of the molecule is N#CC(C#N)=Cc1ccc(-c2cccn2CCc2ccccc2)o1. The molecule has 116 valence electrons. The van der Waals surface area contributed by atoms with Crippen LogP contribution in [-0.2, 0) is 13.0 Å². The molecule has 0 saturated carbocycles. The van der Waals surface area contributed by atoms with E-state index in [1.807, 2.05) is 54.7 Å². The van der Waals surface area contributed by atoms with Gasteiger partial charge in [-0.2, -0.15) is 10.5 Å². The van der Waals surface area contributed by atoms with Crippen LogP contribution in [0.15, 0.2) is 70.8 Å². The molecule has 0 spiro atoms. The molecule has 0 aliphatic rings. The molecule has 2 heterocycles. The summed E-state index contributed by atoms with van der Waals surface area (Å²) < 4.78 is 7.89. The number of nitrogens with zero attached hydrogens (tertiary/aromatic N) is 3. The summed E-state index contributed by atoms with van der Waals surface area (Å²) in [7, 11) is 0. The van der Waals surface area contributed by atoms with Gasteiger partial charge in [0.15, 0.2) is 5.76 Å². The summed E-state index contributed by atoms with van der Waals surface area (Å²) in [5.74, 6) is 1.22. The van der Waals surface area contributed by atoms with Gasteiger partial charge in [0.05, 0.1) is 5.69 Å². The molecule has 24 heavy (non-hydrogen) atoms. The molecule has 0 fully saturated rings. The van der Waals surface area contributed by atoms with Gasteiger partial charge in [-0.25, -0.2) is 0 Å². The van der Waals surface area contributed by atoms with E-state index in [0.717, 1.165) is 24.4 Å².